The van der Waals surface area contributed by atoms with Gasteiger partial charge in [0.25, 0.3) is 0 Å². The molecule has 0 aromatic carbocycles. The normalized spacial score (nSPS) is 11.9. The van der Waals surface area contributed by atoms with Gasteiger partial charge in [-0.3, -0.25) is 4.98 Å². The smallest absolute Gasteiger partial charge is 0.141 e. The van der Waals surface area contributed by atoms with Gasteiger partial charge in [-0.05, 0) is 6.92 Å². The van der Waals surface area contributed by atoms with Crippen molar-refractivity contribution in [2.45, 2.75) is 6.92 Å². The molecule has 2 aromatic heterocycles. The van der Waals surface area contributed by atoms with Crippen LogP contribution in [-0.2, 0) is 0 Å². The van der Waals surface area contributed by atoms with E-state index >= 15 is 0 Å². The number of hydrogen-bond donors (Lipinski definition) is 0. The fourth-order valence-electron chi connectivity index (χ4n) is 0.864. The van der Waals surface area contributed by atoms with Crippen LogP contribution >= 0.6 is 11.3 Å². The first-order chi connectivity index (χ1) is 6.36. The molecule has 0 saturated heterocycles. The van der Waals surface area contributed by atoms with Crippen molar-refractivity contribution in [3.8, 4) is 0 Å². The summed E-state index contributed by atoms with van der Waals surface area (Å²) in [4.78, 5) is 5.02. The lowest BCUT2D eigenvalue weighted by atomic mass is 10.4. The molecular weight excluding hydrogens is 186 g/mol. The first-order valence-corrected chi connectivity index (χ1v) is 4.53. The summed E-state index contributed by atoms with van der Waals surface area (Å²) in [6.45, 7) is 1.92. The van der Waals surface area contributed by atoms with Crippen LogP contribution in [0, 0.1) is 0 Å². The largest absolute Gasteiger partial charge is 0.252 e. The molecule has 2 rings (SSSR count). The molecule has 0 fully saturated rings. The molecule has 0 aliphatic heterocycles. The molecule has 0 amide bonds. The summed E-state index contributed by atoms with van der Waals surface area (Å²) >= 11 is 1.56. The van der Waals surface area contributed by atoms with Crippen LogP contribution in [-0.4, -0.2) is 25.6 Å². The minimum absolute atomic E-state index is 0.905. The molecule has 0 saturated carbocycles. The van der Waals surface area contributed by atoms with Gasteiger partial charge in [-0.25, -0.2) is 4.68 Å². The van der Waals surface area contributed by atoms with E-state index in [1.54, 1.807) is 40.4 Å². The van der Waals surface area contributed by atoms with Crippen LogP contribution in [0.5, 0.6) is 0 Å². The van der Waals surface area contributed by atoms with E-state index in [0.717, 1.165) is 10.6 Å². The Balaban J connectivity index is 2.27. The van der Waals surface area contributed by atoms with Crippen LogP contribution in [0.2, 0.25) is 0 Å². The third-order valence-electron chi connectivity index (χ3n) is 1.46. The highest BCUT2D eigenvalue weighted by Crippen LogP contribution is 2.06. The summed E-state index contributed by atoms with van der Waals surface area (Å²) in [5, 5.41) is 11.5. The first kappa shape index (κ1) is 8.06. The highest BCUT2D eigenvalue weighted by atomic mass is 32.1. The molecule has 13 heavy (non-hydrogen) atoms. The maximum atomic E-state index is 4.24. The van der Waals surface area contributed by atoms with Gasteiger partial charge in [0.05, 0.1) is 16.1 Å². The molecule has 5 nitrogen and oxygen atoms in total. The summed E-state index contributed by atoms with van der Waals surface area (Å²) < 4.78 is 1.56. The van der Waals surface area contributed by atoms with E-state index in [4.69, 9.17) is 0 Å². The Morgan fingerprint density at radius 1 is 1.46 bits per heavy atom. The monoisotopic (exact) mass is 193 g/mol. The third kappa shape index (κ3) is 1.78. The van der Waals surface area contributed by atoms with Crippen LogP contribution in [0.15, 0.2) is 29.5 Å². The molecule has 0 unspecified atom stereocenters. The zero-order chi connectivity index (χ0) is 9.10. The van der Waals surface area contributed by atoms with Crippen molar-refractivity contribution in [1.82, 2.24) is 19.9 Å². The zero-order valence-electron chi connectivity index (χ0n) is 6.95. The average Bonchev–Trinajstić information content (AvgIpc) is 2.74. The molecule has 0 atom stereocenters. The second-order valence-corrected chi connectivity index (χ2v) is 3.28. The van der Waals surface area contributed by atoms with Crippen LogP contribution in [0.1, 0.15) is 11.8 Å². The molecule has 0 bridgehead atoms. The van der Waals surface area contributed by atoms with Crippen molar-refractivity contribution in [3.63, 3.8) is 0 Å². The van der Waals surface area contributed by atoms with Gasteiger partial charge in [0.1, 0.15) is 12.7 Å². The second-order valence-electron chi connectivity index (χ2n) is 2.39. The van der Waals surface area contributed by atoms with Crippen molar-refractivity contribution in [2.24, 2.45) is 5.10 Å². The highest BCUT2D eigenvalue weighted by Gasteiger charge is 1.98. The number of thiazole rings is 1. The number of nitrogens with zero attached hydrogens (tertiary/aromatic N) is 5. The van der Waals surface area contributed by atoms with Gasteiger partial charge in [-0.1, -0.05) is 0 Å². The van der Waals surface area contributed by atoms with Gasteiger partial charge in [0.2, 0.25) is 0 Å². The van der Waals surface area contributed by atoms with Crippen molar-refractivity contribution in [2.75, 3.05) is 0 Å². The fraction of sp³-hybridized carbons (Fsp3) is 0.143. The maximum Gasteiger partial charge on any atom is 0.141 e. The summed E-state index contributed by atoms with van der Waals surface area (Å²) in [6.07, 6.45) is 4.88. The number of hydrogen-bond acceptors (Lipinski definition) is 5. The summed E-state index contributed by atoms with van der Waals surface area (Å²) in [5.74, 6) is 0. The molecule has 0 N–H and O–H groups in total. The van der Waals surface area contributed by atoms with Crippen molar-refractivity contribution in [1.29, 1.82) is 0 Å². The second kappa shape index (κ2) is 3.44. The number of rotatable bonds is 2. The van der Waals surface area contributed by atoms with Gasteiger partial charge < -0.3 is 0 Å². The third-order valence-corrected chi connectivity index (χ3v) is 2.34. The first-order valence-electron chi connectivity index (χ1n) is 3.65. The summed E-state index contributed by atoms with van der Waals surface area (Å²) in [6, 6.07) is 0. The highest BCUT2D eigenvalue weighted by molar-refractivity contribution is 7.11. The molecule has 0 radical (unpaired) electrons. The van der Waals surface area contributed by atoms with Crippen molar-refractivity contribution >= 4 is 17.0 Å². The lowest BCUT2D eigenvalue weighted by Gasteiger charge is -1.93. The zero-order valence-corrected chi connectivity index (χ0v) is 7.77. The SMILES string of the molecule is C/C(=N/n1cnnc1)c1cncs1. The van der Waals surface area contributed by atoms with E-state index in [2.05, 4.69) is 20.3 Å². The Morgan fingerprint density at radius 2 is 2.23 bits per heavy atom. The van der Waals surface area contributed by atoms with Gasteiger partial charge in [0, 0.05) is 6.20 Å². The van der Waals surface area contributed by atoms with Crippen LogP contribution in [0.3, 0.4) is 0 Å². The predicted molar refractivity (Wildman–Crippen MR) is 49.7 cm³/mol. The topological polar surface area (TPSA) is 56.0 Å². The van der Waals surface area contributed by atoms with Crippen molar-refractivity contribution in [3.05, 3.63) is 29.2 Å². The molecule has 0 aliphatic rings. The Kier molecular flexibility index (Phi) is 2.13. The van der Waals surface area contributed by atoms with Crippen LogP contribution in [0.25, 0.3) is 0 Å². The molecule has 66 valence electrons. The molecule has 0 aliphatic carbocycles. The Bertz CT molecular complexity index is 388. The van der Waals surface area contributed by atoms with Crippen LogP contribution < -0.4 is 0 Å². The van der Waals surface area contributed by atoms with Crippen LogP contribution in [0.4, 0.5) is 0 Å². The molecule has 2 heterocycles. The predicted octanol–water partition coefficient (Wildman–Crippen LogP) is 1.01. The van der Waals surface area contributed by atoms with Gasteiger partial charge in [-0.15, -0.1) is 21.5 Å². The number of aromatic nitrogens is 4. The lowest BCUT2D eigenvalue weighted by Crippen LogP contribution is -1.95. The Morgan fingerprint density at radius 3 is 2.85 bits per heavy atom. The Hall–Kier alpha value is -1.56. The minimum atomic E-state index is 0.905. The summed E-state index contributed by atoms with van der Waals surface area (Å²) in [5.41, 5.74) is 2.68. The molecular formula is C7H7N5S. The van der Waals surface area contributed by atoms with Gasteiger partial charge in [0.15, 0.2) is 0 Å². The van der Waals surface area contributed by atoms with Gasteiger partial charge >= 0.3 is 0 Å². The van der Waals surface area contributed by atoms with E-state index in [1.807, 2.05) is 6.92 Å². The minimum Gasteiger partial charge on any atom is -0.252 e. The molecule has 0 spiro atoms. The Labute approximate surface area is 78.8 Å². The quantitative estimate of drug-likeness (QED) is 0.669. The maximum absolute atomic E-state index is 4.24. The van der Waals surface area contributed by atoms with Gasteiger partial charge in [-0.2, -0.15) is 5.10 Å². The van der Waals surface area contributed by atoms with E-state index in [9.17, 15) is 0 Å². The van der Waals surface area contributed by atoms with E-state index in [-0.39, 0.29) is 0 Å². The van der Waals surface area contributed by atoms with Crippen molar-refractivity contribution < 1.29 is 0 Å². The summed E-state index contributed by atoms with van der Waals surface area (Å²) in [7, 11) is 0. The average molecular weight is 193 g/mol. The van der Waals surface area contributed by atoms with E-state index in [1.165, 1.54) is 0 Å². The molecule has 2 aromatic rings. The standard InChI is InChI=1S/C7H7N5S/c1-6(7-2-8-5-13-7)11-12-3-9-10-4-12/h2-5H,1H3/b11-6-. The fourth-order valence-corrected chi connectivity index (χ4v) is 1.43. The van der Waals surface area contributed by atoms with E-state index in [0.29, 0.717) is 0 Å². The van der Waals surface area contributed by atoms with E-state index < -0.39 is 0 Å². The molecule has 6 heteroatoms. The lowest BCUT2D eigenvalue weighted by molar-refractivity contribution is 0.871.